The molecule has 0 saturated heterocycles. The fourth-order valence-corrected chi connectivity index (χ4v) is 8.12. The Kier molecular flexibility index (Phi) is 5.49. The Bertz CT molecular complexity index is 709. The molecule has 0 aromatic heterocycles. The number of ketones is 1. The molecule has 29 heavy (non-hydrogen) atoms. The highest BCUT2D eigenvalue weighted by atomic mass is 16.5. The molecule has 4 rings (SSSR count). The maximum atomic E-state index is 13.7. The summed E-state index contributed by atoms with van der Waals surface area (Å²) in [7, 11) is 1.46. The maximum Gasteiger partial charge on any atom is 0.305 e. The number of hydrogen-bond donors (Lipinski definition) is 0. The SMILES string of the molecule is COC(=O)CC[C@@H](C)[C@H]1CCC2C3CC[C@@H]4C[C@H](C)CC[C@]4(C)C3=CC(=O)[C@@]21C. The molecule has 0 spiro atoms. The lowest BCUT2D eigenvalue weighted by Crippen LogP contribution is -2.51. The Hall–Kier alpha value is -1.12. The molecule has 3 saturated carbocycles. The maximum absolute atomic E-state index is 13.7. The first-order valence-electron chi connectivity index (χ1n) is 12.0. The monoisotopic (exact) mass is 400 g/mol. The van der Waals surface area contributed by atoms with E-state index in [9.17, 15) is 9.59 Å². The van der Waals surface area contributed by atoms with Gasteiger partial charge in [-0.3, -0.25) is 9.59 Å². The fraction of sp³-hybridized carbons (Fsp3) is 0.846. The van der Waals surface area contributed by atoms with Gasteiger partial charge in [-0.2, -0.15) is 0 Å². The summed E-state index contributed by atoms with van der Waals surface area (Å²) in [5.41, 5.74) is 1.53. The third-order valence-electron chi connectivity index (χ3n) is 9.98. The molecule has 0 radical (unpaired) electrons. The molecule has 0 heterocycles. The lowest BCUT2D eigenvalue weighted by molar-refractivity contribution is -0.141. The molecule has 0 N–H and O–H groups in total. The van der Waals surface area contributed by atoms with Gasteiger partial charge in [-0.1, -0.05) is 33.3 Å². The van der Waals surface area contributed by atoms with Crippen molar-refractivity contribution in [2.75, 3.05) is 7.11 Å². The lowest BCUT2D eigenvalue weighted by Gasteiger charge is -2.56. The van der Waals surface area contributed by atoms with Crippen molar-refractivity contribution in [1.29, 1.82) is 0 Å². The lowest BCUT2D eigenvalue weighted by atomic mass is 9.47. The van der Waals surface area contributed by atoms with Gasteiger partial charge in [0.2, 0.25) is 0 Å². The van der Waals surface area contributed by atoms with Gasteiger partial charge in [-0.25, -0.2) is 0 Å². The van der Waals surface area contributed by atoms with Crippen LogP contribution in [0.1, 0.15) is 85.5 Å². The summed E-state index contributed by atoms with van der Waals surface area (Å²) in [6, 6.07) is 0. The molecule has 162 valence electrons. The van der Waals surface area contributed by atoms with Crippen molar-refractivity contribution in [3.05, 3.63) is 11.6 Å². The second-order valence-electron chi connectivity index (χ2n) is 11.3. The first-order chi connectivity index (χ1) is 13.7. The van der Waals surface area contributed by atoms with Crippen molar-refractivity contribution in [2.45, 2.75) is 85.5 Å². The van der Waals surface area contributed by atoms with Crippen LogP contribution in [0.4, 0.5) is 0 Å². The van der Waals surface area contributed by atoms with Crippen LogP contribution >= 0.6 is 0 Å². The standard InChI is InChI=1S/C26H40O3/c1-16-12-13-25(3)18(14-16)7-8-19-21-10-9-20(17(2)6-11-24(28)29-5)26(21,4)23(27)15-22(19)25/h15-21H,6-14H2,1-5H3/t16-,17-,18-,19?,20-,21?,25+,26-/m1/s1. The summed E-state index contributed by atoms with van der Waals surface area (Å²) in [5, 5.41) is 0. The van der Waals surface area contributed by atoms with E-state index >= 15 is 0 Å². The molecule has 3 heteroatoms. The molecule has 0 aromatic rings. The first kappa shape index (κ1) is 21.1. The first-order valence-corrected chi connectivity index (χ1v) is 12.0. The van der Waals surface area contributed by atoms with Crippen LogP contribution < -0.4 is 0 Å². The minimum atomic E-state index is -0.241. The zero-order valence-corrected chi connectivity index (χ0v) is 19.1. The van der Waals surface area contributed by atoms with Crippen molar-refractivity contribution in [1.82, 2.24) is 0 Å². The molecular formula is C26H40O3. The number of ether oxygens (including phenoxy) is 1. The van der Waals surface area contributed by atoms with E-state index in [0.29, 0.717) is 35.9 Å². The van der Waals surface area contributed by atoms with E-state index in [0.717, 1.165) is 24.7 Å². The molecule has 3 nitrogen and oxygen atoms in total. The van der Waals surface area contributed by atoms with Gasteiger partial charge in [0.15, 0.2) is 5.78 Å². The van der Waals surface area contributed by atoms with E-state index in [2.05, 4.69) is 33.8 Å². The zero-order valence-electron chi connectivity index (χ0n) is 19.1. The molecule has 4 aliphatic carbocycles. The number of carbonyl (C=O) groups is 2. The topological polar surface area (TPSA) is 43.4 Å². The molecule has 0 amide bonds. The van der Waals surface area contributed by atoms with E-state index < -0.39 is 0 Å². The number of methoxy groups -OCH3 is 1. The second kappa shape index (κ2) is 7.54. The van der Waals surface area contributed by atoms with Crippen LogP contribution in [0.15, 0.2) is 11.6 Å². The third-order valence-corrected chi connectivity index (χ3v) is 9.98. The van der Waals surface area contributed by atoms with Gasteiger partial charge in [0.05, 0.1) is 7.11 Å². The molecule has 0 bridgehead atoms. The van der Waals surface area contributed by atoms with E-state index in [1.54, 1.807) is 0 Å². The normalized spacial score (nSPS) is 44.9. The number of carbonyl (C=O) groups excluding carboxylic acids is 2. The average molecular weight is 401 g/mol. The molecule has 2 unspecified atom stereocenters. The number of hydrogen-bond acceptors (Lipinski definition) is 3. The minimum Gasteiger partial charge on any atom is -0.469 e. The Morgan fingerprint density at radius 2 is 1.97 bits per heavy atom. The van der Waals surface area contributed by atoms with Gasteiger partial charge in [0.1, 0.15) is 0 Å². The van der Waals surface area contributed by atoms with Crippen molar-refractivity contribution in [2.24, 2.45) is 46.3 Å². The van der Waals surface area contributed by atoms with Gasteiger partial charge in [-0.15, -0.1) is 0 Å². The number of esters is 1. The fourth-order valence-electron chi connectivity index (χ4n) is 8.12. The third kappa shape index (κ3) is 3.22. The summed E-state index contributed by atoms with van der Waals surface area (Å²) < 4.78 is 4.84. The van der Waals surface area contributed by atoms with Gasteiger partial charge in [0, 0.05) is 11.8 Å². The summed E-state index contributed by atoms with van der Waals surface area (Å²) in [5.74, 6) is 3.73. The van der Waals surface area contributed by atoms with Crippen LogP contribution in [0.25, 0.3) is 0 Å². The molecule has 3 fully saturated rings. The Morgan fingerprint density at radius 1 is 1.21 bits per heavy atom. The van der Waals surface area contributed by atoms with Crippen LogP contribution in [-0.4, -0.2) is 18.9 Å². The predicted molar refractivity (Wildman–Crippen MR) is 115 cm³/mol. The number of rotatable bonds is 4. The van der Waals surface area contributed by atoms with Crippen LogP contribution in [0, 0.1) is 46.3 Å². The number of fused-ring (bicyclic) bond motifs is 5. The molecule has 0 aromatic carbocycles. The average Bonchev–Trinajstić information content (AvgIpc) is 3.06. The van der Waals surface area contributed by atoms with Crippen molar-refractivity contribution >= 4 is 11.8 Å². The van der Waals surface area contributed by atoms with Crippen molar-refractivity contribution < 1.29 is 14.3 Å². The van der Waals surface area contributed by atoms with Crippen molar-refractivity contribution in [3.8, 4) is 0 Å². The molecule has 4 aliphatic rings. The van der Waals surface area contributed by atoms with Gasteiger partial charge in [0.25, 0.3) is 0 Å². The predicted octanol–water partition coefficient (Wildman–Crippen LogP) is 5.97. The number of allylic oxidation sites excluding steroid dienone is 2. The van der Waals surface area contributed by atoms with Crippen molar-refractivity contribution in [3.63, 3.8) is 0 Å². The largest absolute Gasteiger partial charge is 0.469 e. The highest BCUT2D eigenvalue weighted by Gasteiger charge is 2.60. The summed E-state index contributed by atoms with van der Waals surface area (Å²) in [6.45, 7) is 9.38. The minimum absolute atomic E-state index is 0.133. The van der Waals surface area contributed by atoms with Crippen LogP contribution in [0.3, 0.4) is 0 Å². The molecule has 0 aliphatic heterocycles. The van der Waals surface area contributed by atoms with E-state index in [1.807, 2.05) is 0 Å². The summed E-state index contributed by atoms with van der Waals surface area (Å²) in [4.78, 5) is 25.3. The highest BCUT2D eigenvalue weighted by Crippen LogP contribution is 2.65. The summed E-state index contributed by atoms with van der Waals surface area (Å²) >= 11 is 0. The van der Waals surface area contributed by atoms with E-state index in [-0.39, 0.29) is 16.8 Å². The Labute approximate surface area is 177 Å². The van der Waals surface area contributed by atoms with Gasteiger partial charge >= 0.3 is 5.97 Å². The quantitative estimate of drug-likeness (QED) is 0.546. The van der Waals surface area contributed by atoms with E-state index in [4.69, 9.17) is 4.74 Å². The van der Waals surface area contributed by atoms with Gasteiger partial charge < -0.3 is 4.74 Å². The molecule has 8 atom stereocenters. The molecular weight excluding hydrogens is 360 g/mol. The summed E-state index contributed by atoms with van der Waals surface area (Å²) in [6.07, 6.45) is 12.2. The van der Waals surface area contributed by atoms with Crippen LogP contribution in [0.5, 0.6) is 0 Å². The highest BCUT2D eigenvalue weighted by molar-refractivity contribution is 5.97. The van der Waals surface area contributed by atoms with Crippen LogP contribution in [-0.2, 0) is 14.3 Å². The second-order valence-corrected chi connectivity index (χ2v) is 11.3. The van der Waals surface area contributed by atoms with E-state index in [1.165, 1.54) is 51.2 Å². The zero-order chi connectivity index (χ0) is 21.0. The Morgan fingerprint density at radius 3 is 2.69 bits per heavy atom. The van der Waals surface area contributed by atoms with Crippen LogP contribution in [0.2, 0.25) is 0 Å². The van der Waals surface area contributed by atoms with Gasteiger partial charge in [-0.05, 0) is 98.4 Å². The Balaban J connectivity index is 1.60. The smallest absolute Gasteiger partial charge is 0.305 e.